The van der Waals surface area contributed by atoms with E-state index < -0.39 is 11.8 Å². The summed E-state index contributed by atoms with van der Waals surface area (Å²) in [5, 5.41) is 0. The van der Waals surface area contributed by atoms with Gasteiger partial charge in [0.15, 0.2) is 0 Å². The van der Waals surface area contributed by atoms with Gasteiger partial charge in [0.2, 0.25) is 0 Å². The molecule has 2 rings (SSSR count). The molecule has 0 aromatic carbocycles. The lowest BCUT2D eigenvalue weighted by Crippen LogP contribution is -2.33. The summed E-state index contributed by atoms with van der Waals surface area (Å²) in [5.74, 6) is -1.30. The Kier molecular flexibility index (Phi) is 4.54. The molecule has 8 nitrogen and oxygen atoms in total. The molecule has 0 aromatic heterocycles. The topological polar surface area (TPSA) is 129 Å². The van der Waals surface area contributed by atoms with Gasteiger partial charge in [-0.1, -0.05) is 0 Å². The Morgan fingerprint density at radius 2 is 1.35 bits per heavy atom. The fourth-order valence-corrected chi connectivity index (χ4v) is 2.19. The molecule has 2 aliphatic heterocycles. The molecule has 20 heavy (non-hydrogen) atoms. The van der Waals surface area contributed by atoms with Crippen LogP contribution in [0.25, 0.3) is 0 Å². The van der Waals surface area contributed by atoms with Crippen molar-refractivity contribution < 1.29 is 19.1 Å². The van der Waals surface area contributed by atoms with E-state index >= 15 is 0 Å². The summed E-state index contributed by atoms with van der Waals surface area (Å²) in [4.78, 5) is 30.3. The molecule has 0 aliphatic carbocycles. The number of nitrogens with zero attached hydrogens (tertiary/aromatic N) is 2. The largest absolute Gasteiger partial charge is 0.474 e. The molecule has 4 N–H and O–H groups in total. The fourth-order valence-electron chi connectivity index (χ4n) is 2.19. The standard InChI is InChI=1S/C12H18N4O4/c13-9(17)11-15-7(3-5-19-11)1-2-8-4-6-20-12(16-8)10(14)18/h7-8H,1-6H2,(H2,13,17)(H2,14,18). The average Bonchev–Trinajstić information content (AvgIpc) is 2.45. The van der Waals surface area contributed by atoms with Crippen molar-refractivity contribution in [3.63, 3.8) is 0 Å². The summed E-state index contributed by atoms with van der Waals surface area (Å²) in [7, 11) is 0. The lowest BCUT2D eigenvalue weighted by molar-refractivity contribution is -0.114. The Labute approximate surface area is 116 Å². The first kappa shape index (κ1) is 14.3. The van der Waals surface area contributed by atoms with Crippen LogP contribution < -0.4 is 11.5 Å². The number of nitrogens with two attached hydrogens (primary N) is 2. The number of carbonyl (C=O) groups excluding carboxylic acids is 2. The normalized spacial score (nSPS) is 25.8. The molecule has 2 atom stereocenters. The zero-order chi connectivity index (χ0) is 14.5. The zero-order valence-corrected chi connectivity index (χ0v) is 11.1. The van der Waals surface area contributed by atoms with Gasteiger partial charge in [-0.05, 0) is 12.8 Å². The number of carbonyl (C=O) groups is 2. The monoisotopic (exact) mass is 282 g/mol. The SMILES string of the molecule is NC(=O)C1=NC(CCC2CCOC(C(N)=O)=N2)CCO1. The summed E-state index contributed by atoms with van der Waals surface area (Å²) in [6.45, 7) is 0.881. The molecule has 2 aliphatic rings. The van der Waals surface area contributed by atoms with Crippen molar-refractivity contribution in [1.29, 1.82) is 0 Å². The Morgan fingerprint density at radius 1 is 0.950 bits per heavy atom. The lowest BCUT2D eigenvalue weighted by Gasteiger charge is -2.23. The van der Waals surface area contributed by atoms with Gasteiger partial charge < -0.3 is 20.9 Å². The summed E-state index contributed by atoms with van der Waals surface area (Å²) in [6, 6.07) is 0.00245. The molecule has 0 radical (unpaired) electrons. The van der Waals surface area contributed by atoms with Gasteiger partial charge in [-0.3, -0.25) is 9.59 Å². The van der Waals surface area contributed by atoms with Gasteiger partial charge in [0.25, 0.3) is 11.8 Å². The Bertz CT molecular complexity index is 418. The number of hydrogen-bond acceptors (Lipinski definition) is 6. The van der Waals surface area contributed by atoms with Gasteiger partial charge in [0.05, 0.1) is 25.3 Å². The van der Waals surface area contributed by atoms with Crippen LogP contribution in [0.3, 0.4) is 0 Å². The highest BCUT2D eigenvalue weighted by molar-refractivity contribution is 6.35. The minimum absolute atomic E-state index is 0.00122. The maximum absolute atomic E-state index is 11.0. The van der Waals surface area contributed by atoms with E-state index in [9.17, 15) is 9.59 Å². The molecule has 2 unspecified atom stereocenters. The van der Waals surface area contributed by atoms with Crippen LogP contribution in [0.1, 0.15) is 25.7 Å². The second-order valence-electron chi connectivity index (χ2n) is 4.76. The van der Waals surface area contributed by atoms with Crippen molar-refractivity contribution in [1.82, 2.24) is 0 Å². The van der Waals surface area contributed by atoms with Crippen LogP contribution in [-0.4, -0.2) is 48.9 Å². The van der Waals surface area contributed by atoms with Crippen LogP contribution in [0.2, 0.25) is 0 Å². The van der Waals surface area contributed by atoms with Gasteiger partial charge in [0, 0.05) is 12.8 Å². The van der Waals surface area contributed by atoms with E-state index in [0.29, 0.717) is 13.2 Å². The highest BCUT2D eigenvalue weighted by Crippen LogP contribution is 2.18. The van der Waals surface area contributed by atoms with Crippen LogP contribution in [0.5, 0.6) is 0 Å². The number of amides is 2. The molecule has 110 valence electrons. The number of primary amides is 2. The first-order chi connectivity index (χ1) is 9.56. The molecule has 0 saturated heterocycles. The average molecular weight is 282 g/mol. The molecule has 0 spiro atoms. The van der Waals surface area contributed by atoms with Gasteiger partial charge in [0.1, 0.15) is 0 Å². The first-order valence-electron chi connectivity index (χ1n) is 6.57. The predicted molar refractivity (Wildman–Crippen MR) is 71.2 cm³/mol. The van der Waals surface area contributed by atoms with E-state index in [2.05, 4.69) is 9.98 Å². The number of ether oxygens (including phenoxy) is 2. The van der Waals surface area contributed by atoms with Crippen molar-refractivity contribution in [2.45, 2.75) is 37.8 Å². The van der Waals surface area contributed by atoms with E-state index in [1.807, 2.05) is 0 Å². The van der Waals surface area contributed by atoms with Crippen LogP contribution in [0, 0.1) is 0 Å². The second kappa shape index (κ2) is 6.36. The molecule has 2 heterocycles. The van der Waals surface area contributed by atoms with Gasteiger partial charge in [-0.15, -0.1) is 0 Å². The zero-order valence-electron chi connectivity index (χ0n) is 11.1. The smallest absolute Gasteiger partial charge is 0.303 e. The molecular weight excluding hydrogens is 264 g/mol. The molecule has 0 fully saturated rings. The molecule has 0 saturated carbocycles. The minimum atomic E-state index is -0.644. The van der Waals surface area contributed by atoms with Crippen molar-refractivity contribution in [3.8, 4) is 0 Å². The number of hydrogen-bond donors (Lipinski definition) is 2. The van der Waals surface area contributed by atoms with Gasteiger partial charge in [-0.2, -0.15) is 0 Å². The quantitative estimate of drug-likeness (QED) is 0.677. The molecule has 2 amide bonds. The van der Waals surface area contributed by atoms with Crippen molar-refractivity contribution in [2.75, 3.05) is 13.2 Å². The summed E-state index contributed by atoms with van der Waals surface area (Å²) < 4.78 is 10.2. The van der Waals surface area contributed by atoms with Crippen LogP contribution in [0.15, 0.2) is 9.98 Å². The third kappa shape index (κ3) is 3.69. The second-order valence-corrected chi connectivity index (χ2v) is 4.76. The Hall–Kier alpha value is -2.12. The predicted octanol–water partition coefficient (Wildman–Crippen LogP) is -0.888. The van der Waals surface area contributed by atoms with Crippen molar-refractivity contribution in [2.24, 2.45) is 21.5 Å². The third-order valence-electron chi connectivity index (χ3n) is 3.23. The van der Waals surface area contributed by atoms with Crippen molar-refractivity contribution >= 4 is 23.6 Å². The van der Waals surface area contributed by atoms with Crippen LogP contribution in [0.4, 0.5) is 0 Å². The molecule has 8 heteroatoms. The van der Waals surface area contributed by atoms with E-state index in [-0.39, 0.29) is 23.9 Å². The highest BCUT2D eigenvalue weighted by atomic mass is 16.5. The van der Waals surface area contributed by atoms with Crippen LogP contribution in [-0.2, 0) is 19.1 Å². The molecule has 0 bridgehead atoms. The lowest BCUT2D eigenvalue weighted by atomic mass is 10.0. The maximum atomic E-state index is 11.0. The first-order valence-corrected chi connectivity index (χ1v) is 6.57. The number of rotatable bonds is 5. The molecular formula is C12H18N4O4. The minimum Gasteiger partial charge on any atom is -0.474 e. The van der Waals surface area contributed by atoms with E-state index in [1.165, 1.54) is 0 Å². The van der Waals surface area contributed by atoms with Crippen molar-refractivity contribution in [3.05, 3.63) is 0 Å². The van der Waals surface area contributed by atoms with Gasteiger partial charge >= 0.3 is 11.8 Å². The summed E-state index contributed by atoms with van der Waals surface area (Å²) in [6.07, 6.45) is 2.99. The number of aliphatic imine (C=N–C) groups is 2. The van der Waals surface area contributed by atoms with E-state index in [4.69, 9.17) is 20.9 Å². The Morgan fingerprint density at radius 3 is 1.70 bits per heavy atom. The van der Waals surface area contributed by atoms with E-state index in [1.54, 1.807) is 0 Å². The van der Waals surface area contributed by atoms with E-state index in [0.717, 1.165) is 25.7 Å². The third-order valence-corrected chi connectivity index (χ3v) is 3.23. The highest BCUT2D eigenvalue weighted by Gasteiger charge is 2.23. The summed E-state index contributed by atoms with van der Waals surface area (Å²) >= 11 is 0. The summed E-state index contributed by atoms with van der Waals surface area (Å²) in [5.41, 5.74) is 10.3. The Balaban J connectivity index is 1.89. The van der Waals surface area contributed by atoms with Crippen LogP contribution >= 0.6 is 0 Å². The molecule has 0 aromatic rings. The maximum Gasteiger partial charge on any atom is 0.303 e. The van der Waals surface area contributed by atoms with Gasteiger partial charge in [-0.25, -0.2) is 9.98 Å². The fraction of sp³-hybridized carbons (Fsp3) is 0.667.